The molecule has 5 heteroatoms. The summed E-state index contributed by atoms with van der Waals surface area (Å²) < 4.78 is 9.35. The molecular formula is C8H14O5. The van der Waals surface area contributed by atoms with Gasteiger partial charge in [-0.3, -0.25) is 0 Å². The number of hydrogen-bond acceptors (Lipinski definition) is 4. The lowest BCUT2D eigenvalue weighted by molar-refractivity contribution is -0.156. The van der Waals surface area contributed by atoms with Crippen molar-refractivity contribution >= 4 is 11.9 Å². The molecule has 0 bridgehead atoms. The number of ether oxygens (including phenoxy) is 2. The second-order valence-corrected chi connectivity index (χ2v) is 2.60. The molecular weight excluding hydrogens is 176 g/mol. The van der Waals surface area contributed by atoms with Crippen molar-refractivity contribution in [1.29, 1.82) is 0 Å². The fraction of sp³-hybridized carbons (Fsp3) is 0.750. The van der Waals surface area contributed by atoms with Crippen molar-refractivity contribution in [2.75, 3.05) is 13.2 Å². The average molecular weight is 190 g/mol. The minimum Gasteiger partial charge on any atom is -0.480 e. The molecule has 0 rings (SSSR count). The zero-order chi connectivity index (χ0) is 10.3. The molecule has 0 aliphatic rings. The van der Waals surface area contributed by atoms with Crippen molar-refractivity contribution < 1.29 is 24.2 Å². The molecule has 0 heterocycles. The van der Waals surface area contributed by atoms with E-state index in [1.807, 2.05) is 6.92 Å². The van der Waals surface area contributed by atoms with Gasteiger partial charge in [-0.25, -0.2) is 9.59 Å². The van der Waals surface area contributed by atoms with E-state index in [1.165, 1.54) is 0 Å². The lowest BCUT2D eigenvalue weighted by Gasteiger charge is -2.09. The lowest BCUT2D eigenvalue weighted by atomic mass is 10.3. The Kier molecular flexibility index (Phi) is 5.88. The summed E-state index contributed by atoms with van der Waals surface area (Å²) in [5, 5.41) is 8.18. The second kappa shape index (κ2) is 6.42. The SMILES string of the molecule is CCC(C)OC(=O)COCC(=O)O. The topological polar surface area (TPSA) is 72.8 Å². The molecule has 1 atom stereocenters. The van der Waals surface area contributed by atoms with Crippen molar-refractivity contribution in [2.24, 2.45) is 0 Å². The highest BCUT2D eigenvalue weighted by Gasteiger charge is 2.08. The molecule has 0 saturated carbocycles. The van der Waals surface area contributed by atoms with E-state index in [2.05, 4.69) is 4.74 Å². The van der Waals surface area contributed by atoms with Crippen LogP contribution < -0.4 is 0 Å². The number of esters is 1. The van der Waals surface area contributed by atoms with Crippen LogP contribution >= 0.6 is 0 Å². The number of carbonyl (C=O) groups excluding carboxylic acids is 1. The van der Waals surface area contributed by atoms with E-state index in [4.69, 9.17) is 9.84 Å². The molecule has 0 radical (unpaired) electrons. The zero-order valence-corrected chi connectivity index (χ0v) is 7.78. The van der Waals surface area contributed by atoms with E-state index in [0.717, 1.165) is 6.42 Å². The first-order chi connectivity index (χ1) is 6.06. The molecule has 0 spiro atoms. The molecule has 5 nitrogen and oxygen atoms in total. The molecule has 13 heavy (non-hydrogen) atoms. The molecule has 0 saturated heterocycles. The largest absolute Gasteiger partial charge is 0.480 e. The van der Waals surface area contributed by atoms with Crippen LogP contribution in [0.4, 0.5) is 0 Å². The van der Waals surface area contributed by atoms with E-state index in [9.17, 15) is 9.59 Å². The highest BCUT2D eigenvalue weighted by Crippen LogP contribution is 1.96. The van der Waals surface area contributed by atoms with E-state index in [1.54, 1.807) is 6.92 Å². The van der Waals surface area contributed by atoms with Crippen molar-refractivity contribution in [3.8, 4) is 0 Å². The summed E-state index contributed by atoms with van der Waals surface area (Å²) >= 11 is 0. The molecule has 1 N–H and O–H groups in total. The van der Waals surface area contributed by atoms with Crippen LogP contribution in [0.15, 0.2) is 0 Å². The Hall–Kier alpha value is -1.10. The normalized spacial score (nSPS) is 12.2. The second-order valence-electron chi connectivity index (χ2n) is 2.60. The van der Waals surface area contributed by atoms with Gasteiger partial charge in [-0.15, -0.1) is 0 Å². The summed E-state index contributed by atoms with van der Waals surface area (Å²) in [5.41, 5.74) is 0. The van der Waals surface area contributed by atoms with Gasteiger partial charge in [0.15, 0.2) is 0 Å². The summed E-state index contributed by atoms with van der Waals surface area (Å²) in [7, 11) is 0. The fourth-order valence-corrected chi connectivity index (χ4v) is 0.563. The highest BCUT2D eigenvalue weighted by atomic mass is 16.6. The number of carboxylic acids is 1. The Bertz CT molecular complexity index is 177. The predicted octanol–water partition coefficient (Wildman–Crippen LogP) is 0.429. The third-order valence-corrected chi connectivity index (χ3v) is 1.35. The van der Waals surface area contributed by atoms with Crippen molar-refractivity contribution in [3.63, 3.8) is 0 Å². The van der Waals surface area contributed by atoms with Crippen LogP contribution in [-0.4, -0.2) is 36.4 Å². The lowest BCUT2D eigenvalue weighted by Crippen LogP contribution is -2.20. The predicted molar refractivity (Wildman–Crippen MR) is 44.3 cm³/mol. The Labute approximate surface area is 76.6 Å². The van der Waals surface area contributed by atoms with Crippen LogP contribution in [0.1, 0.15) is 20.3 Å². The van der Waals surface area contributed by atoms with Crippen LogP contribution in [0.3, 0.4) is 0 Å². The van der Waals surface area contributed by atoms with E-state index < -0.39 is 18.5 Å². The summed E-state index contributed by atoms with van der Waals surface area (Å²) in [5.74, 6) is -1.63. The number of carboxylic acid groups (broad SMARTS) is 1. The van der Waals surface area contributed by atoms with Gasteiger partial charge >= 0.3 is 11.9 Å². The first-order valence-electron chi connectivity index (χ1n) is 4.05. The number of aliphatic carboxylic acids is 1. The van der Waals surface area contributed by atoms with Crippen LogP contribution in [0.2, 0.25) is 0 Å². The van der Waals surface area contributed by atoms with Crippen LogP contribution in [0.25, 0.3) is 0 Å². The van der Waals surface area contributed by atoms with Gasteiger partial charge in [-0.05, 0) is 13.3 Å². The maximum absolute atomic E-state index is 10.9. The number of carbonyl (C=O) groups is 2. The van der Waals surface area contributed by atoms with Gasteiger partial charge in [0.25, 0.3) is 0 Å². The molecule has 76 valence electrons. The molecule has 0 aromatic heterocycles. The van der Waals surface area contributed by atoms with E-state index in [-0.39, 0.29) is 12.7 Å². The first-order valence-corrected chi connectivity index (χ1v) is 4.05. The standard InChI is InChI=1S/C8H14O5/c1-3-6(2)13-8(11)5-12-4-7(9)10/h6H,3-5H2,1-2H3,(H,9,10). The smallest absolute Gasteiger partial charge is 0.332 e. The van der Waals surface area contributed by atoms with Gasteiger partial charge in [-0.2, -0.15) is 0 Å². The monoisotopic (exact) mass is 190 g/mol. The van der Waals surface area contributed by atoms with Crippen molar-refractivity contribution in [2.45, 2.75) is 26.4 Å². The maximum Gasteiger partial charge on any atom is 0.332 e. The first kappa shape index (κ1) is 11.9. The third kappa shape index (κ3) is 7.27. The third-order valence-electron chi connectivity index (χ3n) is 1.35. The molecule has 0 aromatic carbocycles. The molecule has 0 aliphatic carbocycles. The minimum absolute atomic E-state index is 0.152. The Morgan fingerprint density at radius 3 is 2.46 bits per heavy atom. The summed E-state index contributed by atoms with van der Waals surface area (Å²) in [4.78, 5) is 20.8. The van der Waals surface area contributed by atoms with Gasteiger partial charge in [0.2, 0.25) is 0 Å². The Balaban J connectivity index is 3.46. The average Bonchev–Trinajstić information content (AvgIpc) is 2.03. The fourth-order valence-electron chi connectivity index (χ4n) is 0.563. The van der Waals surface area contributed by atoms with Gasteiger partial charge in [-0.1, -0.05) is 6.92 Å². The van der Waals surface area contributed by atoms with Crippen molar-refractivity contribution in [1.82, 2.24) is 0 Å². The summed E-state index contributed by atoms with van der Waals surface area (Å²) in [6, 6.07) is 0. The van der Waals surface area contributed by atoms with Gasteiger partial charge in [0.05, 0.1) is 6.10 Å². The van der Waals surface area contributed by atoms with Crippen LogP contribution in [0.5, 0.6) is 0 Å². The Morgan fingerprint density at radius 2 is 2.00 bits per heavy atom. The molecule has 0 aromatic rings. The molecule has 0 amide bonds. The van der Waals surface area contributed by atoms with Crippen LogP contribution in [-0.2, 0) is 19.1 Å². The molecule has 0 fully saturated rings. The number of rotatable bonds is 6. The number of hydrogen-bond donors (Lipinski definition) is 1. The highest BCUT2D eigenvalue weighted by molar-refractivity contribution is 5.72. The molecule has 0 aliphatic heterocycles. The quantitative estimate of drug-likeness (QED) is 0.615. The van der Waals surface area contributed by atoms with Crippen LogP contribution in [0, 0.1) is 0 Å². The zero-order valence-electron chi connectivity index (χ0n) is 7.78. The molecule has 1 unspecified atom stereocenters. The Morgan fingerprint density at radius 1 is 1.38 bits per heavy atom. The van der Waals surface area contributed by atoms with Gasteiger partial charge in [0.1, 0.15) is 13.2 Å². The minimum atomic E-state index is -1.10. The van der Waals surface area contributed by atoms with Gasteiger partial charge < -0.3 is 14.6 Å². The summed E-state index contributed by atoms with van der Waals surface area (Å²) in [6.45, 7) is 2.86. The van der Waals surface area contributed by atoms with E-state index in [0.29, 0.717) is 0 Å². The maximum atomic E-state index is 10.9. The van der Waals surface area contributed by atoms with Crippen molar-refractivity contribution in [3.05, 3.63) is 0 Å². The summed E-state index contributed by atoms with van der Waals surface area (Å²) in [6.07, 6.45) is 0.575. The van der Waals surface area contributed by atoms with E-state index >= 15 is 0 Å². The van der Waals surface area contributed by atoms with Gasteiger partial charge in [0, 0.05) is 0 Å².